The monoisotopic (exact) mass is 431 g/mol. The molecule has 6 rings (SSSR count). The number of hydrogen-bond acceptors (Lipinski definition) is 5. The lowest BCUT2D eigenvalue weighted by Gasteiger charge is -2.44. The standard InChI is InChI=1S/C26H29N3O3/c1-26(2)16-31-22-13-20(19-5-3-4-17(12-19)14-27)6-7-21(22)24(26)28-25(30)32-23-15-29-10-8-18(23)9-11-29/h3-7,12-13,18,23-24H,8-11,15-16H2,1-2H3,(H,28,30)/t23-,24?/m0/s1. The van der Waals surface area contributed by atoms with Crippen molar-refractivity contribution in [1.29, 1.82) is 5.26 Å². The number of piperidine rings is 3. The van der Waals surface area contributed by atoms with E-state index in [1.807, 2.05) is 36.4 Å². The molecule has 3 saturated heterocycles. The van der Waals surface area contributed by atoms with Crippen molar-refractivity contribution in [2.45, 2.75) is 38.8 Å². The van der Waals surface area contributed by atoms with Gasteiger partial charge in [-0.2, -0.15) is 5.26 Å². The zero-order valence-corrected chi connectivity index (χ0v) is 18.6. The first-order chi connectivity index (χ1) is 15.4. The van der Waals surface area contributed by atoms with Crippen LogP contribution < -0.4 is 10.1 Å². The Balaban J connectivity index is 1.36. The number of alkyl carbamates (subject to hydrolysis) is 1. The van der Waals surface area contributed by atoms with Gasteiger partial charge in [0.1, 0.15) is 11.9 Å². The third-order valence-electron chi connectivity index (χ3n) is 7.15. The molecule has 0 saturated carbocycles. The van der Waals surface area contributed by atoms with Crippen molar-refractivity contribution in [3.8, 4) is 22.9 Å². The summed E-state index contributed by atoms with van der Waals surface area (Å²) in [6, 6.07) is 15.5. The van der Waals surface area contributed by atoms with Crippen molar-refractivity contribution in [2.24, 2.45) is 11.3 Å². The molecule has 1 unspecified atom stereocenters. The largest absolute Gasteiger partial charge is 0.493 e. The molecule has 4 aliphatic heterocycles. The highest BCUT2D eigenvalue weighted by atomic mass is 16.6. The lowest BCUT2D eigenvalue weighted by atomic mass is 9.78. The maximum absolute atomic E-state index is 12.9. The SMILES string of the molecule is CC1(C)COc2cc(-c3cccc(C#N)c3)ccc2C1NC(=O)O[C@H]1CN2CCC1CC2. The lowest BCUT2D eigenvalue weighted by molar-refractivity contribution is -0.0361. The lowest BCUT2D eigenvalue weighted by Crippen LogP contribution is -2.53. The smallest absolute Gasteiger partial charge is 0.407 e. The second-order valence-corrected chi connectivity index (χ2v) is 9.88. The normalized spacial score (nSPS) is 27.5. The summed E-state index contributed by atoms with van der Waals surface area (Å²) in [6.07, 6.45) is 1.86. The van der Waals surface area contributed by atoms with Crippen LogP contribution in [-0.2, 0) is 4.74 Å². The number of carbonyl (C=O) groups excluding carboxylic acids is 1. The van der Waals surface area contributed by atoms with Gasteiger partial charge in [-0.1, -0.05) is 38.1 Å². The summed E-state index contributed by atoms with van der Waals surface area (Å²) in [5.74, 6) is 1.24. The summed E-state index contributed by atoms with van der Waals surface area (Å²) < 4.78 is 12.0. The molecule has 0 aromatic heterocycles. The van der Waals surface area contributed by atoms with Gasteiger partial charge in [-0.3, -0.25) is 4.90 Å². The van der Waals surface area contributed by atoms with Crippen molar-refractivity contribution in [2.75, 3.05) is 26.2 Å². The third-order valence-corrected chi connectivity index (χ3v) is 7.15. The van der Waals surface area contributed by atoms with Gasteiger partial charge in [0.05, 0.1) is 24.3 Å². The number of ether oxygens (including phenoxy) is 2. The fourth-order valence-corrected chi connectivity index (χ4v) is 5.22. The number of fused-ring (bicyclic) bond motifs is 4. The minimum Gasteiger partial charge on any atom is -0.493 e. The Morgan fingerprint density at radius 3 is 2.69 bits per heavy atom. The minimum atomic E-state index is -0.347. The Labute approximate surface area is 189 Å². The predicted octanol–water partition coefficient (Wildman–Crippen LogP) is 4.51. The van der Waals surface area contributed by atoms with Crippen molar-refractivity contribution in [3.63, 3.8) is 0 Å². The van der Waals surface area contributed by atoms with Crippen LogP contribution in [0.5, 0.6) is 5.75 Å². The Morgan fingerprint density at radius 2 is 1.97 bits per heavy atom. The van der Waals surface area contributed by atoms with Gasteiger partial charge in [-0.15, -0.1) is 0 Å². The summed E-state index contributed by atoms with van der Waals surface area (Å²) in [6.45, 7) is 7.76. The van der Waals surface area contributed by atoms with Crippen LogP contribution >= 0.6 is 0 Å². The van der Waals surface area contributed by atoms with Crippen LogP contribution in [0.3, 0.4) is 0 Å². The average Bonchev–Trinajstić information content (AvgIpc) is 2.81. The Kier molecular flexibility index (Phi) is 5.30. The van der Waals surface area contributed by atoms with Crippen molar-refractivity contribution >= 4 is 6.09 Å². The zero-order valence-electron chi connectivity index (χ0n) is 18.6. The summed E-state index contributed by atoms with van der Waals surface area (Å²) >= 11 is 0. The molecule has 0 spiro atoms. The van der Waals surface area contributed by atoms with Gasteiger partial charge in [-0.25, -0.2) is 4.79 Å². The number of benzene rings is 2. The van der Waals surface area contributed by atoms with E-state index < -0.39 is 0 Å². The van der Waals surface area contributed by atoms with Crippen LogP contribution in [0.15, 0.2) is 42.5 Å². The van der Waals surface area contributed by atoms with Gasteiger partial charge < -0.3 is 14.8 Å². The van der Waals surface area contributed by atoms with E-state index in [0.717, 1.165) is 54.9 Å². The molecule has 4 aliphatic rings. The number of rotatable bonds is 3. The number of nitriles is 1. The predicted molar refractivity (Wildman–Crippen MR) is 121 cm³/mol. The van der Waals surface area contributed by atoms with Crippen molar-refractivity contribution in [1.82, 2.24) is 10.2 Å². The van der Waals surface area contributed by atoms with Crippen molar-refractivity contribution < 1.29 is 14.3 Å². The zero-order chi connectivity index (χ0) is 22.3. The average molecular weight is 432 g/mol. The molecule has 2 aromatic rings. The Bertz CT molecular complexity index is 1070. The molecule has 2 bridgehead atoms. The van der Waals surface area contributed by atoms with E-state index in [2.05, 4.69) is 30.1 Å². The van der Waals surface area contributed by atoms with E-state index in [4.69, 9.17) is 9.47 Å². The molecular formula is C26H29N3O3. The van der Waals surface area contributed by atoms with Gasteiger partial charge in [0.25, 0.3) is 0 Å². The molecule has 6 nitrogen and oxygen atoms in total. The molecule has 32 heavy (non-hydrogen) atoms. The first kappa shape index (κ1) is 20.8. The van der Waals surface area contributed by atoms with Crippen LogP contribution in [0.1, 0.15) is 43.9 Å². The van der Waals surface area contributed by atoms with E-state index in [1.165, 1.54) is 0 Å². The molecule has 1 N–H and O–H groups in total. The molecule has 3 fully saturated rings. The first-order valence-electron chi connectivity index (χ1n) is 11.4. The fourth-order valence-electron chi connectivity index (χ4n) is 5.22. The van der Waals surface area contributed by atoms with Gasteiger partial charge >= 0.3 is 6.09 Å². The molecule has 4 heterocycles. The Morgan fingerprint density at radius 1 is 1.19 bits per heavy atom. The van der Waals surface area contributed by atoms with E-state index in [1.54, 1.807) is 6.07 Å². The summed E-state index contributed by atoms with van der Waals surface area (Å²) in [5, 5.41) is 12.3. The Hall–Kier alpha value is -3.04. The van der Waals surface area contributed by atoms with E-state index in [9.17, 15) is 10.1 Å². The van der Waals surface area contributed by atoms with Gasteiger partial charge in [0, 0.05) is 17.5 Å². The number of nitrogens with zero attached hydrogens (tertiary/aromatic N) is 2. The van der Waals surface area contributed by atoms with Crippen LogP contribution in [0.25, 0.3) is 11.1 Å². The maximum atomic E-state index is 12.9. The molecule has 0 aliphatic carbocycles. The summed E-state index contributed by atoms with van der Waals surface area (Å²) in [7, 11) is 0. The molecule has 166 valence electrons. The van der Waals surface area contributed by atoms with Crippen LogP contribution in [0, 0.1) is 22.7 Å². The molecule has 2 atom stereocenters. The fraction of sp³-hybridized carbons (Fsp3) is 0.462. The highest BCUT2D eigenvalue weighted by Crippen LogP contribution is 2.44. The minimum absolute atomic E-state index is 0.0188. The quantitative estimate of drug-likeness (QED) is 0.774. The van der Waals surface area contributed by atoms with E-state index in [0.29, 0.717) is 18.1 Å². The third kappa shape index (κ3) is 3.93. The van der Waals surface area contributed by atoms with Crippen LogP contribution in [-0.4, -0.2) is 43.3 Å². The van der Waals surface area contributed by atoms with Gasteiger partial charge in [0.15, 0.2) is 0 Å². The van der Waals surface area contributed by atoms with E-state index in [-0.39, 0.29) is 23.7 Å². The second-order valence-electron chi connectivity index (χ2n) is 9.88. The molecule has 1 amide bonds. The van der Waals surface area contributed by atoms with Gasteiger partial charge in [0.2, 0.25) is 0 Å². The van der Waals surface area contributed by atoms with E-state index >= 15 is 0 Å². The molecular weight excluding hydrogens is 402 g/mol. The first-order valence-corrected chi connectivity index (χ1v) is 11.4. The van der Waals surface area contributed by atoms with Crippen molar-refractivity contribution in [3.05, 3.63) is 53.6 Å². The second kappa shape index (κ2) is 8.14. The summed E-state index contributed by atoms with van der Waals surface area (Å²) in [4.78, 5) is 15.3. The number of hydrogen-bond donors (Lipinski definition) is 1. The highest BCUT2D eigenvalue weighted by molar-refractivity contribution is 5.71. The number of amides is 1. The molecule has 2 aromatic carbocycles. The van der Waals surface area contributed by atoms with Crippen LogP contribution in [0.4, 0.5) is 4.79 Å². The molecule has 0 radical (unpaired) electrons. The van der Waals surface area contributed by atoms with Crippen LogP contribution in [0.2, 0.25) is 0 Å². The topological polar surface area (TPSA) is 74.6 Å². The maximum Gasteiger partial charge on any atom is 0.407 e. The number of carbonyl (C=O) groups is 1. The highest BCUT2D eigenvalue weighted by Gasteiger charge is 2.41. The number of nitrogens with one attached hydrogen (secondary N) is 1. The summed E-state index contributed by atoms with van der Waals surface area (Å²) in [5.41, 5.74) is 3.24. The van der Waals surface area contributed by atoms with Gasteiger partial charge in [-0.05, 0) is 61.2 Å². The molecule has 6 heteroatoms.